The van der Waals surface area contributed by atoms with E-state index in [9.17, 15) is 0 Å². The second kappa shape index (κ2) is 6.23. The number of hydrogen-bond donors (Lipinski definition) is 1. The first-order valence-electron chi connectivity index (χ1n) is 4.43. The highest BCUT2D eigenvalue weighted by molar-refractivity contribution is 5.96. The van der Waals surface area contributed by atoms with Crippen LogP contribution in [0.1, 0.15) is 26.3 Å². The Morgan fingerprint density at radius 3 is 2.38 bits per heavy atom. The van der Waals surface area contributed by atoms with Crippen molar-refractivity contribution in [2.45, 2.75) is 20.8 Å². The van der Waals surface area contributed by atoms with Crippen LogP contribution >= 0.6 is 0 Å². The second-order valence-corrected chi connectivity index (χ2v) is 2.36. The van der Waals surface area contributed by atoms with E-state index in [4.69, 9.17) is 10.1 Å². The molecule has 1 rings (SSSR count). The summed E-state index contributed by atoms with van der Waals surface area (Å²) >= 11 is 0. The number of ether oxygens (including phenoxy) is 1. The van der Waals surface area contributed by atoms with E-state index < -0.39 is 0 Å². The van der Waals surface area contributed by atoms with Crippen molar-refractivity contribution < 1.29 is 4.74 Å². The minimum absolute atomic E-state index is 0.559. The Balaban J connectivity index is 0.000000671. The average Bonchev–Trinajstić information content (AvgIpc) is 2.21. The molecule has 0 saturated carbocycles. The zero-order chi connectivity index (χ0) is 10.3. The van der Waals surface area contributed by atoms with E-state index in [0.717, 1.165) is 11.3 Å². The number of rotatable bonds is 2. The van der Waals surface area contributed by atoms with Crippen LogP contribution in [0.4, 0.5) is 0 Å². The molecule has 0 atom stereocenters. The summed E-state index contributed by atoms with van der Waals surface area (Å²) < 4.78 is 5.01. The number of nitrogens with one attached hydrogen (secondary N) is 1. The van der Waals surface area contributed by atoms with Crippen LogP contribution in [-0.2, 0) is 0 Å². The largest absolute Gasteiger partial charge is 0.497 e. The maximum absolute atomic E-state index is 7.35. The molecule has 0 spiro atoms. The van der Waals surface area contributed by atoms with Gasteiger partial charge in [-0.25, -0.2) is 0 Å². The Hall–Kier alpha value is -1.31. The lowest BCUT2D eigenvalue weighted by molar-refractivity contribution is 0.414. The van der Waals surface area contributed by atoms with Crippen molar-refractivity contribution >= 4 is 5.71 Å². The van der Waals surface area contributed by atoms with Crippen LogP contribution in [0.15, 0.2) is 24.3 Å². The molecule has 2 heteroatoms. The van der Waals surface area contributed by atoms with Gasteiger partial charge >= 0.3 is 0 Å². The lowest BCUT2D eigenvalue weighted by Crippen LogP contribution is -1.92. The van der Waals surface area contributed by atoms with E-state index in [1.54, 1.807) is 14.0 Å². The fourth-order valence-electron chi connectivity index (χ4n) is 0.856. The Morgan fingerprint density at radius 1 is 1.31 bits per heavy atom. The molecule has 0 aliphatic heterocycles. The Kier molecular flexibility index (Phi) is 5.60. The van der Waals surface area contributed by atoms with Crippen molar-refractivity contribution in [3.63, 3.8) is 0 Å². The molecule has 0 aliphatic rings. The van der Waals surface area contributed by atoms with Gasteiger partial charge in [-0.15, -0.1) is 0 Å². The fraction of sp³-hybridized carbons (Fsp3) is 0.364. The summed E-state index contributed by atoms with van der Waals surface area (Å²) in [4.78, 5) is 0. The first-order chi connectivity index (χ1) is 6.24. The Labute approximate surface area is 80.1 Å². The predicted molar refractivity (Wildman–Crippen MR) is 56.8 cm³/mol. The molecule has 13 heavy (non-hydrogen) atoms. The van der Waals surface area contributed by atoms with Crippen LogP contribution in [0.25, 0.3) is 0 Å². The zero-order valence-corrected chi connectivity index (χ0v) is 8.72. The lowest BCUT2D eigenvalue weighted by Gasteiger charge is -2.01. The summed E-state index contributed by atoms with van der Waals surface area (Å²) in [7, 11) is 1.62. The minimum Gasteiger partial charge on any atom is -0.497 e. The first-order valence-corrected chi connectivity index (χ1v) is 4.43. The first kappa shape index (κ1) is 11.7. The molecule has 72 valence electrons. The SMILES string of the molecule is CC.COc1cccc(C(C)=N)c1. The van der Waals surface area contributed by atoms with Crippen molar-refractivity contribution in [3.8, 4) is 5.75 Å². The van der Waals surface area contributed by atoms with Gasteiger partial charge < -0.3 is 10.1 Å². The summed E-state index contributed by atoms with van der Waals surface area (Å²) in [6, 6.07) is 7.49. The Morgan fingerprint density at radius 2 is 1.92 bits per heavy atom. The summed E-state index contributed by atoms with van der Waals surface area (Å²) in [5.74, 6) is 0.800. The van der Waals surface area contributed by atoms with E-state index in [-0.39, 0.29) is 0 Å². The molecular formula is C11H17NO. The smallest absolute Gasteiger partial charge is 0.119 e. The van der Waals surface area contributed by atoms with Crippen LogP contribution in [0.3, 0.4) is 0 Å². The van der Waals surface area contributed by atoms with Crippen LogP contribution in [0, 0.1) is 5.41 Å². The molecule has 0 amide bonds. The standard InChI is InChI=1S/C9H11NO.C2H6/c1-7(10)8-4-3-5-9(6-8)11-2;1-2/h3-6,10H,1-2H3;1-2H3. The van der Waals surface area contributed by atoms with Crippen LogP contribution in [0.2, 0.25) is 0 Å². The third-order valence-electron chi connectivity index (χ3n) is 1.50. The van der Waals surface area contributed by atoms with Gasteiger partial charge in [0.2, 0.25) is 0 Å². The molecule has 0 heterocycles. The molecule has 2 nitrogen and oxygen atoms in total. The molecule has 0 aromatic heterocycles. The van der Waals surface area contributed by atoms with E-state index in [0.29, 0.717) is 5.71 Å². The van der Waals surface area contributed by atoms with Gasteiger partial charge in [-0.2, -0.15) is 0 Å². The maximum atomic E-state index is 7.35. The molecular weight excluding hydrogens is 162 g/mol. The van der Waals surface area contributed by atoms with Crippen molar-refractivity contribution in [1.29, 1.82) is 5.41 Å². The normalized spacial score (nSPS) is 8.31. The molecule has 0 unspecified atom stereocenters. The lowest BCUT2D eigenvalue weighted by atomic mass is 10.1. The summed E-state index contributed by atoms with van der Waals surface area (Å²) in [6.07, 6.45) is 0. The highest BCUT2D eigenvalue weighted by atomic mass is 16.5. The van der Waals surface area contributed by atoms with Crippen molar-refractivity contribution in [1.82, 2.24) is 0 Å². The molecule has 0 fully saturated rings. The van der Waals surface area contributed by atoms with Gasteiger partial charge in [-0.05, 0) is 24.6 Å². The van der Waals surface area contributed by atoms with E-state index in [1.807, 2.05) is 38.1 Å². The molecule has 1 N–H and O–H groups in total. The highest BCUT2D eigenvalue weighted by Gasteiger charge is 1.95. The third kappa shape index (κ3) is 3.74. The average molecular weight is 179 g/mol. The van der Waals surface area contributed by atoms with Gasteiger partial charge in [0.15, 0.2) is 0 Å². The number of benzene rings is 1. The van der Waals surface area contributed by atoms with Gasteiger partial charge in [-0.3, -0.25) is 0 Å². The van der Waals surface area contributed by atoms with Crippen molar-refractivity contribution in [3.05, 3.63) is 29.8 Å². The summed E-state index contributed by atoms with van der Waals surface area (Å²) in [6.45, 7) is 5.76. The minimum atomic E-state index is 0.559. The molecule has 0 saturated heterocycles. The molecule has 1 aromatic rings. The third-order valence-corrected chi connectivity index (χ3v) is 1.50. The molecule has 0 radical (unpaired) electrons. The molecule has 0 aliphatic carbocycles. The van der Waals surface area contributed by atoms with E-state index in [1.165, 1.54) is 0 Å². The van der Waals surface area contributed by atoms with Gasteiger partial charge in [-0.1, -0.05) is 26.0 Å². The Bertz CT molecular complexity index is 269. The van der Waals surface area contributed by atoms with Gasteiger partial charge in [0.1, 0.15) is 5.75 Å². The van der Waals surface area contributed by atoms with Crippen LogP contribution in [-0.4, -0.2) is 12.8 Å². The zero-order valence-electron chi connectivity index (χ0n) is 8.72. The van der Waals surface area contributed by atoms with Crippen molar-refractivity contribution in [2.75, 3.05) is 7.11 Å². The number of methoxy groups -OCH3 is 1. The molecule has 0 bridgehead atoms. The van der Waals surface area contributed by atoms with E-state index in [2.05, 4.69) is 0 Å². The van der Waals surface area contributed by atoms with Crippen LogP contribution in [0.5, 0.6) is 5.75 Å². The fourth-order valence-corrected chi connectivity index (χ4v) is 0.856. The maximum Gasteiger partial charge on any atom is 0.119 e. The quantitative estimate of drug-likeness (QED) is 0.695. The summed E-state index contributed by atoms with van der Waals surface area (Å²) in [5.41, 5.74) is 1.47. The van der Waals surface area contributed by atoms with Crippen molar-refractivity contribution in [2.24, 2.45) is 0 Å². The summed E-state index contributed by atoms with van der Waals surface area (Å²) in [5, 5.41) is 7.35. The topological polar surface area (TPSA) is 33.1 Å². The van der Waals surface area contributed by atoms with Crippen LogP contribution < -0.4 is 4.74 Å². The monoisotopic (exact) mass is 179 g/mol. The van der Waals surface area contributed by atoms with Gasteiger partial charge in [0.25, 0.3) is 0 Å². The van der Waals surface area contributed by atoms with Gasteiger partial charge in [0, 0.05) is 5.71 Å². The predicted octanol–water partition coefficient (Wildman–Crippen LogP) is 3.11. The second-order valence-electron chi connectivity index (χ2n) is 2.36. The number of hydrogen-bond acceptors (Lipinski definition) is 2. The van der Waals surface area contributed by atoms with Gasteiger partial charge in [0.05, 0.1) is 7.11 Å². The molecule has 1 aromatic carbocycles. The highest BCUT2D eigenvalue weighted by Crippen LogP contribution is 2.12. The van der Waals surface area contributed by atoms with E-state index >= 15 is 0 Å².